The van der Waals surface area contributed by atoms with Crippen LogP contribution in [0.5, 0.6) is 0 Å². The molecule has 24 heavy (non-hydrogen) atoms. The van der Waals surface area contributed by atoms with Crippen LogP contribution in [0.2, 0.25) is 0 Å². The molecule has 0 aromatic heterocycles. The maximum atomic E-state index is 11.9. The zero-order chi connectivity index (χ0) is 17.1. The highest BCUT2D eigenvalue weighted by Crippen LogP contribution is 2.19. The van der Waals surface area contributed by atoms with Crippen LogP contribution in [0.4, 0.5) is 5.69 Å². The SMILES string of the molecule is Cc1cccc(NC(=S)N2CC[NH+](CC(=O)NC3CC3)CC2)c1C. The Kier molecular flexibility index (Phi) is 5.36. The molecule has 1 aromatic rings. The summed E-state index contributed by atoms with van der Waals surface area (Å²) in [6.45, 7) is 8.49. The summed E-state index contributed by atoms with van der Waals surface area (Å²) in [6, 6.07) is 6.68. The summed E-state index contributed by atoms with van der Waals surface area (Å²) in [5.74, 6) is 0.192. The molecule has 5 nitrogen and oxygen atoms in total. The van der Waals surface area contributed by atoms with E-state index < -0.39 is 0 Å². The van der Waals surface area contributed by atoms with E-state index in [-0.39, 0.29) is 5.91 Å². The van der Waals surface area contributed by atoms with Crippen molar-refractivity contribution in [3.8, 4) is 0 Å². The zero-order valence-electron chi connectivity index (χ0n) is 14.5. The number of piperazine rings is 1. The average Bonchev–Trinajstić information content (AvgIpc) is 3.36. The lowest BCUT2D eigenvalue weighted by Gasteiger charge is -2.33. The molecule has 1 heterocycles. The molecular formula is C18H27N4OS+. The summed E-state index contributed by atoms with van der Waals surface area (Å²) in [5.41, 5.74) is 3.58. The quantitative estimate of drug-likeness (QED) is 0.694. The van der Waals surface area contributed by atoms with Gasteiger partial charge in [-0.2, -0.15) is 0 Å². The number of hydrogen-bond donors (Lipinski definition) is 3. The summed E-state index contributed by atoms with van der Waals surface area (Å²) in [6.07, 6.45) is 2.29. The summed E-state index contributed by atoms with van der Waals surface area (Å²) >= 11 is 5.58. The fraction of sp³-hybridized carbons (Fsp3) is 0.556. The molecule has 2 fully saturated rings. The molecule has 0 spiro atoms. The summed E-state index contributed by atoms with van der Waals surface area (Å²) in [7, 11) is 0. The third-order valence-electron chi connectivity index (χ3n) is 4.96. The van der Waals surface area contributed by atoms with Crippen LogP contribution in [0.3, 0.4) is 0 Å². The number of carbonyl (C=O) groups excluding carboxylic acids is 1. The van der Waals surface area contributed by atoms with Gasteiger partial charge in [-0.3, -0.25) is 4.79 Å². The molecular weight excluding hydrogens is 320 g/mol. The number of carbonyl (C=O) groups is 1. The molecule has 1 saturated heterocycles. The standard InChI is InChI=1S/C18H26N4OS/c1-13-4-3-5-16(14(13)2)20-18(24)22-10-8-21(9-11-22)12-17(23)19-15-6-7-15/h3-5,15H,6-12H2,1-2H3,(H,19,23)(H,20,24)/p+1. The first-order valence-corrected chi connectivity index (χ1v) is 9.19. The molecule has 3 rings (SSSR count). The van der Waals surface area contributed by atoms with Gasteiger partial charge in [0.1, 0.15) is 0 Å². The fourth-order valence-electron chi connectivity index (χ4n) is 3.02. The van der Waals surface area contributed by atoms with Crippen molar-refractivity contribution in [2.75, 3.05) is 38.0 Å². The maximum absolute atomic E-state index is 11.9. The fourth-order valence-corrected chi connectivity index (χ4v) is 3.31. The van der Waals surface area contributed by atoms with Crippen LogP contribution in [-0.4, -0.2) is 54.7 Å². The van der Waals surface area contributed by atoms with E-state index in [1.54, 1.807) is 0 Å². The van der Waals surface area contributed by atoms with Crippen LogP contribution in [0.15, 0.2) is 18.2 Å². The summed E-state index contributed by atoms with van der Waals surface area (Å²) < 4.78 is 0. The van der Waals surface area contributed by atoms with Gasteiger partial charge < -0.3 is 20.4 Å². The number of thiocarbonyl (C=S) groups is 1. The highest BCUT2D eigenvalue weighted by atomic mass is 32.1. The second-order valence-electron chi connectivity index (χ2n) is 6.93. The lowest BCUT2D eigenvalue weighted by atomic mass is 10.1. The van der Waals surface area contributed by atoms with Gasteiger partial charge >= 0.3 is 0 Å². The van der Waals surface area contributed by atoms with Gasteiger partial charge in [-0.15, -0.1) is 0 Å². The number of hydrogen-bond acceptors (Lipinski definition) is 2. The van der Waals surface area contributed by atoms with Gasteiger partial charge in [0, 0.05) is 11.7 Å². The van der Waals surface area contributed by atoms with Crippen molar-refractivity contribution >= 4 is 28.9 Å². The Labute approximate surface area is 149 Å². The van der Waals surface area contributed by atoms with E-state index in [0.717, 1.165) is 49.8 Å². The van der Waals surface area contributed by atoms with Crippen molar-refractivity contribution in [1.82, 2.24) is 10.2 Å². The number of aryl methyl sites for hydroxylation is 1. The van der Waals surface area contributed by atoms with Crippen molar-refractivity contribution < 1.29 is 9.69 Å². The van der Waals surface area contributed by atoms with Crippen molar-refractivity contribution in [3.05, 3.63) is 29.3 Å². The number of rotatable bonds is 4. The third-order valence-corrected chi connectivity index (χ3v) is 5.32. The Hall–Kier alpha value is -1.66. The Morgan fingerprint density at radius 2 is 2.00 bits per heavy atom. The Morgan fingerprint density at radius 1 is 1.29 bits per heavy atom. The Morgan fingerprint density at radius 3 is 2.67 bits per heavy atom. The molecule has 130 valence electrons. The molecule has 6 heteroatoms. The Balaban J connectivity index is 1.46. The molecule has 1 aliphatic heterocycles. The van der Waals surface area contributed by atoms with Gasteiger partial charge in [0.15, 0.2) is 11.7 Å². The molecule has 1 amide bonds. The minimum absolute atomic E-state index is 0.192. The minimum Gasteiger partial charge on any atom is -0.348 e. The van der Waals surface area contributed by atoms with Crippen LogP contribution in [0.1, 0.15) is 24.0 Å². The zero-order valence-corrected chi connectivity index (χ0v) is 15.3. The van der Waals surface area contributed by atoms with Gasteiger partial charge in [0.2, 0.25) is 0 Å². The highest BCUT2D eigenvalue weighted by Gasteiger charge is 2.27. The van der Waals surface area contributed by atoms with E-state index in [2.05, 4.69) is 41.5 Å². The van der Waals surface area contributed by atoms with Gasteiger partial charge in [-0.25, -0.2) is 0 Å². The van der Waals surface area contributed by atoms with Crippen LogP contribution in [0, 0.1) is 13.8 Å². The second-order valence-corrected chi connectivity index (χ2v) is 7.32. The summed E-state index contributed by atoms with van der Waals surface area (Å²) in [5, 5.41) is 7.23. The van der Waals surface area contributed by atoms with Crippen LogP contribution < -0.4 is 15.5 Å². The topological polar surface area (TPSA) is 48.8 Å². The molecule has 1 saturated carbocycles. The van der Waals surface area contributed by atoms with Crippen LogP contribution in [0.25, 0.3) is 0 Å². The van der Waals surface area contributed by atoms with Crippen molar-refractivity contribution in [1.29, 1.82) is 0 Å². The second kappa shape index (κ2) is 7.49. The molecule has 1 aromatic carbocycles. The molecule has 0 unspecified atom stereocenters. The summed E-state index contributed by atoms with van der Waals surface area (Å²) in [4.78, 5) is 15.5. The van der Waals surface area contributed by atoms with E-state index in [4.69, 9.17) is 12.2 Å². The van der Waals surface area contributed by atoms with Gasteiger partial charge in [-0.05, 0) is 56.1 Å². The van der Waals surface area contributed by atoms with E-state index in [9.17, 15) is 4.79 Å². The van der Waals surface area contributed by atoms with Crippen molar-refractivity contribution in [2.45, 2.75) is 32.7 Å². The van der Waals surface area contributed by atoms with Crippen molar-refractivity contribution in [3.63, 3.8) is 0 Å². The van der Waals surface area contributed by atoms with E-state index in [1.165, 1.54) is 16.0 Å². The molecule has 0 atom stereocenters. The number of anilines is 1. The largest absolute Gasteiger partial charge is 0.348 e. The number of nitrogens with zero attached hydrogens (tertiary/aromatic N) is 1. The van der Waals surface area contributed by atoms with E-state index in [1.807, 2.05) is 6.07 Å². The highest BCUT2D eigenvalue weighted by molar-refractivity contribution is 7.80. The third kappa shape index (κ3) is 4.45. The van der Waals surface area contributed by atoms with Gasteiger partial charge in [0.25, 0.3) is 5.91 Å². The van der Waals surface area contributed by atoms with Gasteiger partial charge in [-0.1, -0.05) is 12.1 Å². The van der Waals surface area contributed by atoms with Crippen molar-refractivity contribution in [2.24, 2.45) is 0 Å². The maximum Gasteiger partial charge on any atom is 0.275 e. The minimum atomic E-state index is 0.192. The number of amides is 1. The van der Waals surface area contributed by atoms with Crippen LogP contribution >= 0.6 is 12.2 Å². The molecule has 0 radical (unpaired) electrons. The molecule has 1 aliphatic carbocycles. The lowest BCUT2D eigenvalue weighted by molar-refractivity contribution is -0.895. The first-order chi connectivity index (χ1) is 11.5. The smallest absolute Gasteiger partial charge is 0.275 e. The number of nitrogens with one attached hydrogen (secondary N) is 3. The number of benzene rings is 1. The monoisotopic (exact) mass is 347 g/mol. The van der Waals surface area contributed by atoms with Gasteiger partial charge in [0.05, 0.1) is 26.2 Å². The predicted molar refractivity (Wildman–Crippen MR) is 100 cm³/mol. The lowest BCUT2D eigenvalue weighted by Crippen LogP contribution is -3.15. The van der Waals surface area contributed by atoms with E-state index in [0.29, 0.717) is 12.6 Å². The first kappa shape index (κ1) is 17.2. The first-order valence-electron chi connectivity index (χ1n) is 8.78. The molecule has 0 bridgehead atoms. The molecule has 3 N–H and O–H groups in total. The number of quaternary nitrogens is 1. The Bertz CT molecular complexity index is 621. The predicted octanol–water partition coefficient (Wildman–Crippen LogP) is 0.479. The normalized spacial score (nSPS) is 18.3. The molecule has 2 aliphatic rings. The average molecular weight is 348 g/mol. The van der Waals surface area contributed by atoms with E-state index >= 15 is 0 Å². The van der Waals surface area contributed by atoms with Crippen LogP contribution in [-0.2, 0) is 4.79 Å².